The van der Waals surface area contributed by atoms with Crippen molar-refractivity contribution < 1.29 is 0 Å². The summed E-state index contributed by atoms with van der Waals surface area (Å²) in [7, 11) is 2.67. The van der Waals surface area contributed by atoms with Crippen molar-refractivity contribution in [1.29, 1.82) is 0 Å². The van der Waals surface area contributed by atoms with E-state index in [4.69, 9.17) is 0 Å². The lowest BCUT2D eigenvalue weighted by molar-refractivity contribution is 0.497. The van der Waals surface area contributed by atoms with Crippen molar-refractivity contribution >= 4 is 9.24 Å². The van der Waals surface area contributed by atoms with E-state index in [9.17, 15) is 0 Å². The van der Waals surface area contributed by atoms with Crippen LogP contribution in [0.5, 0.6) is 0 Å². The Morgan fingerprint density at radius 3 is 2.00 bits per heavy atom. The molecule has 0 aliphatic heterocycles. The van der Waals surface area contributed by atoms with Gasteiger partial charge >= 0.3 is 0 Å². The van der Waals surface area contributed by atoms with Crippen LogP contribution in [0.25, 0.3) is 0 Å². The third-order valence-corrected chi connectivity index (χ3v) is 1.94. The van der Waals surface area contributed by atoms with Crippen LogP contribution in [0.15, 0.2) is 11.9 Å². The SMILES string of the molecule is C=C(P)CC(CC)CC. The molecular formula is C8H17P. The first kappa shape index (κ1) is 9.17. The molecule has 9 heavy (non-hydrogen) atoms. The molecule has 0 aliphatic carbocycles. The van der Waals surface area contributed by atoms with E-state index in [2.05, 4.69) is 29.7 Å². The quantitative estimate of drug-likeness (QED) is 0.531. The zero-order valence-electron chi connectivity index (χ0n) is 6.48. The van der Waals surface area contributed by atoms with Crippen molar-refractivity contribution in [3.05, 3.63) is 11.9 Å². The molecule has 0 saturated heterocycles. The van der Waals surface area contributed by atoms with Gasteiger partial charge in [0.2, 0.25) is 0 Å². The molecule has 0 N–H and O–H groups in total. The van der Waals surface area contributed by atoms with Gasteiger partial charge in [0.15, 0.2) is 0 Å². The number of allylic oxidation sites excluding steroid dienone is 1. The highest BCUT2D eigenvalue weighted by Gasteiger charge is 2.01. The first-order valence-corrected chi connectivity index (χ1v) is 4.21. The molecule has 0 bridgehead atoms. The summed E-state index contributed by atoms with van der Waals surface area (Å²) in [6, 6.07) is 0. The van der Waals surface area contributed by atoms with E-state index >= 15 is 0 Å². The number of hydrogen-bond acceptors (Lipinski definition) is 0. The summed E-state index contributed by atoms with van der Waals surface area (Å²) in [5.41, 5.74) is 0. The Balaban J connectivity index is 3.43. The molecule has 1 unspecified atom stereocenters. The van der Waals surface area contributed by atoms with Crippen molar-refractivity contribution in [3.8, 4) is 0 Å². The Morgan fingerprint density at radius 2 is 1.89 bits per heavy atom. The highest BCUT2D eigenvalue weighted by atomic mass is 31.0. The minimum atomic E-state index is 0.856. The fourth-order valence-corrected chi connectivity index (χ4v) is 1.28. The van der Waals surface area contributed by atoms with E-state index in [0.29, 0.717) is 0 Å². The van der Waals surface area contributed by atoms with Crippen LogP contribution in [0.4, 0.5) is 0 Å². The minimum Gasteiger partial charge on any atom is -0.111 e. The van der Waals surface area contributed by atoms with Gasteiger partial charge in [-0.1, -0.05) is 38.6 Å². The lowest BCUT2D eigenvalue weighted by Crippen LogP contribution is -1.94. The van der Waals surface area contributed by atoms with Gasteiger partial charge in [-0.05, 0) is 12.3 Å². The molecule has 0 aromatic heterocycles. The van der Waals surface area contributed by atoms with Crippen molar-refractivity contribution in [2.45, 2.75) is 33.1 Å². The molecule has 0 aliphatic rings. The fraction of sp³-hybridized carbons (Fsp3) is 0.750. The second kappa shape index (κ2) is 4.99. The van der Waals surface area contributed by atoms with Crippen molar-refractivity contribution in [1.82, 2.24) is 0 Å². The molecule has 0 fully saturated rings. The monoisotopic (exact) mass is 144 g/mol. The van der Waals surface area contributed by atoms with Crippen molar-refractivity contribution in [2.24, 2.45) is 5.92 Å². The maximum absolute atomic E-state index is 3.85. The first-order valence-electron chi connectivity index (χ1n) is 3.63. The van der Waals surface area contributed by atoms with Gasteiger partial charge in [-0.15, -0.1) is 9.24 Å². The molecule has 0 aromatic rings. The predicted octanol–water partition coefficient (Wildman–Crippen LogP) is 3.20. The molecule has 54 valence electrons. The Bertz CT molecular complexity index is 82.6. The largest absolute Gasteiger partial charge is 0.111 e. The van der Waals surface area contributed by atoms with Crippen LogP contribution in [0.1, 0.15) is 33.1 Å². The Labute approximate surface area is 60.9 Å². The average Bonchev–Trinajstić information content (AvgIpc) is 1.82. The summed E-state index contributed by atoms with van der Waals surface area (Å²) in [5.74, 6) is 0.856. The molecule has 0 amide bonds. The molecule has 0 heterocycles. The zero-order valence-corrected chi connectivity index (χ0v) is 7.64. The first-order chi connectivity index (χ1) is 4.20. The normalized spacial score (nSPS) is 10.2. The van der Waals surface area contributed by atoms with Crippen LogP contribution < -0.4 is 0 Å². The smallest absolute Gasteiger partial charge is 0.0257 e. The summed E-state index contributed by atoms with van der Waals surface area (Å²) in [4.78, 5) is 0. The Hall–Kier alpha value is 0.170. The second-order valence-corrected chi connectivity index (χ2v) is 3.36. The molecule has 0 spiro atoms. The summed E-state index contributed by atoms with van der Waals surface area (Å²) >= 11 is 0. The maximum Gasteiger partial charge on any atom is -0.0257 e. The van der Waals surface area contributed by atoms with Crippen LogP contribution >= 0.6 is 9.24 Å². The van der Waals surface area contributed by atoms with E-state index in [1.165, 1.54) is 24.6 Å². The molecule has 1 atom stereocenters. The van der Waals surface area contributed by atoms with Crippen LogP contribution in [-0.4, -0.2) is 0 Å². The number of rotatable bonds is 4. The molecule has 1 heteroatoms. The maximum atomic E-state index is 3.85. The van der Waals surface area contributed by atoms with Gasteiger partial charge in [-0.3, -0.25) is 0 Å². The van der Waals surface area contributed by atoms with E-state index in [1.54, 1.807) is 0 Å². The zero-order chi connectivity index (χ0) is 7.28. The van der Waals surface area contributed by atoms with Crippen LogP contribution in [0.3, 0.4) is 0 Å². The molecular weight excluding hydrogens is 127 g/mol. The average molecular weight is 144 g/mol. The lowest BCUT2D eigenvalue weighted by atomic mass is 10.00. The Kier molecular flexibility index (Phi) is 5.09. The number of hydrogen-bond donors (Lipinski definition) is 0. The summed E-state index contributed by atoms with van der Waals surface area (Å²) in [6.07, 6.45) is 3.74. The van der Waals surface area contributed by atoms with Gasteiger partial charge in [0.1, 0.15) is 0 Å². The van der Waals surface area contributed by atoms with Crippen LogP contribution in [0.2, 0.25) is 0 Å². The van der Waals surface area contributed by atoms with E-state index in [0.717, 1.165) is 5.92 Å². The minimum absolute atomic E-state index is 0.856. The summed E-state index contributed by atoms with van der Waals surface area (Å²) < 4.78 is 0. The summed E-state index contributed by atoms with van der Waals surface area (Å²) in [6.45, 7) is 8.33. The van der Waals surface area contributed by atoms with Gasteiger partial charge in [0.25, 0.3) is 0 Å². The highest BCUT2D eigenvalue weighted by molar-refractivity contribution is 7.22. The fourth-order valence-electron chi connectivity index (χ4n) is 0.948. The molecule has 0 aromatic carbocycles. The van der Waals surface area contributed by atoms with Crippen LogP contribution in [-0.2, 0) is 0 Å². The van der Waals surface area contributed by atoms with Gasteiger partial charge in [-0.2, -0.15) is 0 Å². The third-order valence-electron chi connectivity index (χ3n) is 1.71. The Morgan fingerprint density at radius 1 is 1.44 bits per heavy atom. The van der Waals surface area contributed by atoms with Gasteiger partial charge in [-0.25, -0.2) is 0 Å². The van der Waals surface area contributed by atoms with Crippen molar-refractivity contribution in [2.75, 3.05) is 0 Å². The van der Waals surface area contributed by atoms with E-state index in [-0.39, 0.29) is 0 Å². The van der Waals surface area contributed by atoms with Crippen LogP contribution in [0, 0.1) is 5.92 Å². The second-order valence-electron chi connectivity index (χ2n) is 2.54. The van der Waals surface area contributed by atoms with Gasteiger partial charge in [0, 0.05) is 0 Å². The third kappa shape index (κ3) is 4.66. The van der Waals surface area contributed by atoms with Gasteiger partial charge in [0.05, 0.1) is 0 Å². The summed E-state index contributed by atoms with van der Waals surface area (Å²) in [5, 5.41) is 1.24. The van der Waals surface area contributed by atoms with Crippen molar-refractivity contribution in [3.63, 3.8) is 0 Å². The predicted molar refractivity (Wildman–Crippen MR) is 47.5 cm³/mol. The lowest BCUT2D eigenvalue weighted by Gasteiger charge is -2.10. The standard InChI is InChI=1S/C8H17P/c1-4-8(5-2)6-7(3)9/h8H,3-6,9H2,1-2H3. The molecule has 0 radical (unpaired) electrons. The van der Waals surface area contributed by atoms with E-state index < -0.39 is 0 Å². The molecule has 0 saturated carbocycles. The topological polar surface area (TPSA) is 0 Å². The molecule has 0 rings (SSSR count). The molecule has 0 nitrogen and oxygen atoms in total. The van der Waals surface area contributed by atoms with Gasteiger partial charge < -0.3 is 0 Å². The highest BCUT2D eigenvalue weighted by Crippen LogP contribution is 2.20. The van der Waals surface area contributed by atoms with E-state index in [1.807, 2.05) is 0 Å².